The molecule has 0 aliphatic carbocycles. The molecule has 5 nitrogen and oxygen atoms in total. The van der Waals surface area contributed by atoms with Gasteiger partial charge >= 0.3 is 0 Å². The van der Waals surface area contributed by atoms with E-state index in [9.17, 15) is 8.42 Å². The van der Waals surface area contributed by atoms with Crippen molar-refractivity contribution >= 4 is 10.0 Å². The summed E-state index contributed by atoms with van der Waals surface area (Å²) in [5.41, 5.74) is 1.97. The lowest BCUT2D eigenvalue weighted by atomic mass is 9.87. The summed E-state index contributed by atoms with van der Waals surface area (Å²) in [4.78, 5) is 0.336. The van der Waals surface area contributed by atoms with Crippen LogP contribution < -0.4 is 0 Å². The van der Waals surface area contributed by atoms with Crippen molar-refractivity contribution < 1.29 is 12.9 Å². The zero-order chi connectivity index (χ0) is 18.2. The van der Waals surface area contributed by atoms with Crippen LogP contribution in [0.15, 0.2) is 39.8 Å². The summed E-state index contributed by atoms with van der Waals surface area (Å²) in [7, 11) is -3.55. The van der Waals surface area contributed by atoms with Crippen LogP contribution in [-0.2, 0) is 21.9 Å². The topological polar surface area (TPSA) is 63.4 Å². The van der Waals surface area contributed by atoms with Gasteiger partial charge in [-0.3, -0.25) is 0 Å². The lowest BCUT2D eigenvalue weighted by Gasteiger charge is -2.23. The summed E-state index contributed by atoms with van der Waals surface area (Å²) >= 11 is 0. The highest BCUT2D eigenvalue weighted by molar-refractivity contribution is 7.89. The van der Waals surface area contributed by atoms with Crippen molar-refractivity contribution in [1.29, 1.82) is 0 Å². The number of sulfonamides is 1. The predicted octanol–water partition coefficient (Wildman–Crippen LogP) is 4.06. The molecule has 2 heterocycles. The first kappa shape index (κ1) is 18.1. The van der Waals surface area contributed by atoms with E-state index in [4.69, 9.17) is 4.52 Å². The van der Waals surface area contributed by atoms with Crippen LogP contribution in [0, 0.1) is 0 Å². The van der Waals surface area contributed by atoms with Crippen LogP contribution in [0.5, 0.6) is 0 Å². The van der Waals surface area contributed by atoms with E-state index >= 15 is 0 Å². The van der Waals surface area contributed by atoms with Gasteiger partial charge in [0.25, 0.3) is 0 Å². The molecule has 25 heavy (non-hydrogen) atoms. The Labute approximate surface area is 150 Å². The first-order chi connectivity index (χ1) is 11.7. The van der Waals surface area contributed by atoms with Gasteiger partial charge in [0, 0.05) is 12.6 Å². The third kappa shape index (κ3) is 3.51. The molecule has 0 saturated carbocycles. The van der Waals surface area contributed by atoms with Crippen molar-refractivity contribution in [3.8, 4) is 0 Å². The molecule has 1 aromatic carbocycles. The summed E-state index contributed by atoms with van der Waals surface area (Å²) in [6.45, 7) is 8.85. The van der Waals surface area contributed by atoms with Crippen LogP contribution in [-0.4, -0.2) is 24.4 Å². The minimum atomic E-state index is -3.55. The zero-order valence-corrected chi connectivity index (χ0v) is 16.1. The van der Waals surface area contributed by atoms with Crippen molar-refractivity contribution in [1.82, 2.24) is 9.46 Å². The van der Waals surface area contributed by atoms with Gasteiger partial charge in [0.1, 0.15) is 0 Å². The van der Waals surface area contributed by atoms with E-state index in [1.54, 1.807) is 16.4 Å². The molecule has 1 atom stereocenters. The maximum Gasteiger partial charge on any atom is 0.243 e. The fourth-order valence-corrected chi connectivity index (χ4v) is 4.89. The van der Waals surface area contributed by atoms with Crippen LogP contribution in [0.2, 0.25) is 0 Å². The Bertz CT molecular complexity index is 832. The van der Waals surface area contributed by atoms with Gasteiger partial charge in [-0.2, -0.15) is 4.31 Å². The minimum absolute atomic E-state index is 0.00510. The van der Waals surface area contributed by atoms with E-state index in [-0.39, 0.29) is 11.5 Å². The normalized spacial score (nSPS) is 19.4. The maximum atomic E-state index is 13.1. The quantitative estimate of drug-likeness (QED) is 0.823. The Morgan fingerprint density at radius 1 is 1.24 bits per heavy atom. The van der Waals surface area contributed by atoms with Gasteiger partial charge in [0.05, 0.1) is 16.6 Å². The van der Waals surface area contributed by atoms with Gasteiger partial charge in [-0.1, -0.05) is 45.0 Å². The second-order valence-electron chi connectivity index (χ2n) is 7.62. The van der Waals surface area contributed by atoms with Gasteiger partial charge < -0.3 is 4.52 Å². The van der Waals surface area contributed by atoms with E-state index < -0.39 is 10.0 Å². The lowest BCUT2D eigenvalue weighted by molar-refractivity contribution is 0.296. The number of aromatic nitrogens is 1. The zero-order valence-electron chi connectivity index (χ0n) is 15.3. The predicted molar refractivity (Wildman–Crippen MR) is 96.9 cm³/mol. The Hall–Kier alpha value is -1.66. The van der Waals surface area contributed by atoms with Gasteiger partial charge in [-0.15, -0.1) is 0 Å². The number of hydrogen-bond donors (Lipinski definition) is 0. The molecule has 1 aliphatic rings. The number of hydrogen-bond acceptors (Lipinski definition) is 4. The molecule has 0 radical (unpaired) electrons. The molecule has 0 N–H and O–H groups in total. The monoisotopic (exact) mass is 362 g/mol. The van der Waals surface area contributed by atoms with E-state index in [1.807, 2.05) is 25.1 Å². The van der Waals surface area contributed by atoms with Crippen molar-refractivity contribution in [2.45, 2.75) is 63.3 Å². The Balaban J connectivity index is 1.90. The summed E-state index contributed by atoms with van der Waals surface area (Å²) < 4.78 is 33.2. The maximum absolute atomic E-state index is 13.1. The highest BCUT2D eigenvalue weighted by atomic mass is 32.2. The molecular weight excluding hydrogens is 336 g/mol. The molecule has 0 unspecified atom stereocenters. The molecule has 1 aliphatic heterocycles. The number of nitrogens with zero attached hydrogens (tertiary/aromatic N) is 2. The number of aryl methyl sites for hydroxylation is 1. The second kappa shape index (κ2) is 6.57. The van der Waals surface area contributed by atoms with Gasteiger partial charge in [0.15, 0.2) is 5.76 Å². The minimum Gasteiger partial charge on any atom is -0.359 e. The molecule has 3 rings (SSSR count). The summed E-state index contributed by atoms with van der Waals surface area (Å²) in [6.07, 6.45) is 2.36. The first-order valence-electron chi connectivity index (χ1n) is 8.81. The first-order valence-corrected chi connectivity index (χ1v) is 10.3. The summed E-state index contributed by atoms with van der Waals surface area (Å²) in [5, 5.41) is 4.01. The Morgan fingerprint density at radius 3 is 2.48 bits per heavy atom. The SMILES string of the molecule is CCc1cc([C@H]2CCCN2S(=O)(=O)c2ccc(C(C)(C)C)cc2)on1. The number of rotatable bonds is 4. The molecule has 0 spiro atoms. The van der Waals surface area contributed by atoms with Crippen LogP contribution in [0.25, 0.3) is 0 Å². The molecule has 0 amide bonds. The Kier molecular flexibility index (Phi) is 4.77. The van der Waals surface area contributed by atoms with Gasteiger partial charge in [0.2, 0.25) is 10.0 Å². The molecule has 2 aromatic rings. The van der Waals surface area contributed by atoms with E-state index in [2.05, 4.69) is 25.9 Å². The smallest absolute Gasteiger partial charge is 0.243 e. The largest absolute Gasteiger partial charge is 0.359 e. The molecule has 1 aromatic heterocycles. The van der Waals surface area contributed by atoms with Crippen molar-refractivity contribution in [2.75, 3.05) is 6.54 Å². The molecule has 136 valence electrons. The van der Waals surface area contributed by atoms with Gasteiger partial charge in [-0.25, -0.2) is 8.42 Å². The van der Waals surface area contributed by atoms with Crippen LogP contribution in [0.1, 0.15) is 63.6 Å². The second-order valence-corrected chi connectivity index (χ2v) is 9.51. The fraction of sp³-hybridized carbons (Fsp3) is 0.526. The molecule has 1 saturated heterocycles. The highest BCUT2D eigenvalue weighted by Crippen LogP contribution is 2.37. The van der Waals surface area contributed by atoms with Gasteiger partial charge in [-0.05, 0) is 42.4 Å². The lowest BCUT2D eigenvalue weighted by Crippen LogP contribution is -2.30. The molecule has 1 fully saturated rings. The summed E-state index contributed by atoms with van der Waals surface area (Å²) in [5.74, 6) is 0.643. The number of benzene rings is 1. The fourth-order valence-electron chi connectivity index (χ4n) is 3.23. The molecule has 0 bridgehead atoms. The molecule has 6 heteroatoms. The van der Waals surface area contributed by atoms with Crippen LogP contribution in [0.4, 0.5) is 0 Å². The third-order valence-corrected chi connectivity index (χ3v) is 6.72. The average molecular weight is 362 g/mol. The van der Waals surface area contributed by atoms with Crippen LogP contribution >= 0.6 is 0 Å². The van der Waals surface area contributed by atoms with Crippen molar-refractivity contribution in [3.63, 3.8) is 0 Å². The standard InChI is InChI=1S/C19H26N2O3S/c1-5-15-13-18(24-20-15)17-7-6-12-21(17)25(22,23)16-10-8-14(9-11-16)19(2,3)4/h8-11,13,17H,5-7,12H2,1-4H3/t17-/m1/s1. The van der Waals surface area contributed by atoms with E-state index in [0.717, 1.165) is 30.5 Å². The summed E-state index contributed by atoms with van der Waals surface area (Å²) in [6, 6.07) is 8.84. The molecular formula is C19H26N2O3S. The van der Waals surface area contributed by atoms with Crippen LogP contribution in [0.3, 0.4) is 0 Å². The van der Waals surface area contributed by atoms with E-state index in [0.29, 0.717) is 17.2 Å². The Morgan fingerprint density at radius 2 is 1.92 bits per heavy atom. The average Bonchev–Trinajstić information content (AvgIpc) is 3.23. The van der Waals surface area contributed by atoms with Crippen molar-refractivity contribution in [2.24, 2.45) is 0 Å². The third-order valence-electron chi connectivity index (χ3n) is 4.80. The van der Waals surface area contributed by atoms with E-state index in [1.165, 1.54) is 0 Å². The highest BCUT2D eigenvalue weighted by Gasteiger charge is 2.38. The van der Waals surface area contributed by atoms with Crippen molar-refractivity contribution in [3.05, 3.63) is 47.3 Å².